The zero-order chi connectivity index (χ0) is 12.0. The van der Waals surface area contributed by atoms with E-state index in [0.29, 0.717) is 10.6 Å². The highest BCUT2D eigenvalue weighted by Crippen LogP contribution is 2.24. The minimum absolute atomic E-state index is 0.476. The Hall–Kier alpha value is -0.810. The van der Waals surface area contributed by atoms with Gasteiger partial charge in [-0.1, -0.05) is 23.7 Å². The normalized spacial score (nSPS) is 12.2. The summed E-state index contributed by atoms with van der Waals surface area (Å²) in [6, 6.07) is 7.25. The lowest BCUT2D eigenvalue weighted by atomic mass is 10.1. The van der Waals surface area contributed by atoms with E-state index in [1.165, 1.54) is 7.11 Å². The SMILES string of the molecule is COOSc1ccc(/C(C=O)=C(\C)Cl)cc1. The van der Waals surface area contributed by atoms with Gasteiger partial charge in [-0.3, -0.25) is 4.79 Å². The van der Waals surface area contributed by atoms with E-state index >= 15 is 0 Å². The Morgan fingerprint density at radius 3 is 2.44 bits per heavy atom. The standard InChI is InChI=1S/C11H11ClO3S/c1-8(12)11(7-13)9-3-5-10(6-4-9)16-15-14-2/h3-7H,1-2H3/b11-8+. The summed E-state index contributed by atoms with van der Waals surface area (Å²) < 4.78 is 4.70. The average Bonchev–Trinajstić information content (AvgIpc) is 2.28. The summed E-state index contributed by atoms with van der Waals surface area (Å²) in [6.45, 7) is 1.68. The summed E-state index contributed by atoms with van der Waals surface area (Å²) in [5, 5.41) is 0.476. The van der Waals surface area contributed by atoms with Crippen LogP contribution in [-0.2, 0) is 14.0 Å². The molecular weight excluding hydrogens is 248 g/mol. The van der Waals surface area contributed by atoms with Crippen molar-refractivity contribution in [3.8, 4) is 0 Å². The zero-order valence-electron chi connectivity index (χ0n) is 8.90. The van der Waals surface area contributed by atoms with Crippen molar-refractivity contribution in [2.75, 3.05) is 7.11 Å². The summed E-state index contributed by atoms with van der Waals surface area (Å²) in [4.78, 5) is 16.1. The Morgan fingerprint density at radius 1 is 1.38 bits per heavy atom. The molecular formula is C11H11ClO3S. The predicted molar refractivity (Wildman–Crippen MR) is 64.9 cm³/mol. The summed E-state index contributed by atoms with van der Waals surface area (Å²) >= 11 is 6.90. The van der Waals surface area contributed by atoms with Gasteiger partial charge in [0.05, 0.1) is 19.2 Å². The van der Waals surface area contributed by atoms with E-state index in [-0.39, 0.29) is 0 Å². The van der Waals surface area contributed by atoms with Crippen molar-refractivity contribution in [2.24, 2.45) is 0 Å². The van der Waals surface area contributed by atoms with Crippen LogP contribution in [0.2, 0.25) is 0 Å². The van der Waals surface area contributed by atoms with E-state index in [9.17, 15) is 4.79 Å². The lowest BCUT2D eigenvalue weighted by Crippen LogP contribution is -1.87. The van der Waals surface area contributed by atoms with E-state index in [1.807, 2.05) is 12.1 Å². The number of carbonyl (C=O) groups excluding carboxylic acids is 1. The second-order valence-electron chi connectivity index (χ2n) is 2.91. The molecule has 0 fully saturated rings. The molecule has 0 saturated heterocycles. The maximum absolute atomic E-state index is 10.8. The second kappa shape index (κ2) is 6.70. The molecule has 0 aliphatic carbocycles. The number of hydrogen-bond donors (Lipinski definition) is 0. The average molecular weight is 259 g/mol. The van der Waals surface area contributed by atoms with Gasteiger partial charge < -0.3 is 0 Å². The van der Waals surface area contributed by atoms with E-state index in [1.54, 1.807) is 19.1 Å². The summed E-state index contributed by atoms with van der Waals surface area (Å²) in [5.41, 5.74) is 1.27. The van der Waals surface area contributed by atoms with E-state index in [0.717, 1.165) is 28.8 Å². The van der Waals surface area contributed by atoms with Crippen LogP contribution in [0, 0.1) is 0 Å². The first-order chi connectivity index (χ1) is 7.69. The third-order valence-electron chi connectivity index (χ3n) is 1.85. The van der Waals surface area contributed by atoms with Gasteiger partial charge in [-0.05, 0) is 24.6 Å². The van der Waals surface area contributed by atoms with Crippen LogP contribution in [-0.4, -0.2) is 13.4 Å². The van der Waals surface area contributed by atoms with Gasteiger partial charge in [0, 0.05) is 15.5 Å². The number of allylic oxidation sites excluding steroid dienone is 2. The van der Waals surface area contributed by atoms with Crippen LogP contribution in [0.25, 0.3) is 5.57 Å². The summed E-state index contributed by atoms with van der Waals surface area (Å²) in [5.74, 6) is 0. The molecule has 5 heteroatoms. The molecule has 0 spiro atoms. The number of rotatable bonds is 5. The van der Waals surface area contributed by atoms with E-state index in [4.69, 9.17) is 15.9 Å². The number of hydrogen-bond acceptors (Lipinski definition) is 4. The number of carbonyl (C=O) groups is 1. The molecule has 0 aromatic heterocycles. The van der Waals surface area contributed by atoms with Crippen molar-refractivity contribution in [1.29, 1.82) is 0 Å². The van der Waals surface area contributed by atoms with Crippen LogP contribution in [0.5, 0.6) is 0 Å². The Bertz CT molecular complexity index is 383. The first kappa shape index (κ1) is 13.3. The monoisotopic (exact) mass is 258 g/mol. The molecule has 16 heavy (non-hydrogen) atoms. The predicted octanol–water partition coefficient (Wildman–Crippen LogP) is 3.44. The van der Waals surface area contributed by atoms with Crippen LogP contribution in [0.3, 0.4) is 0 Å². The van der Waals surface area contributed by atoms with Gasteiger partial charge in [-0.2, -0.15) is 4.33 Å². The van der Waals surface area contributed by atoms with Gasteiger partial charge in [-0.25, -0.2) is 4.89 Å². The topological polar surface area (TPSA) is 35.5 Å². The van der Waals surface area contributed by atoms with Gasteiger partial charge in [0.2, 0.25) is 0 Å². The fourth-order valence-electron chi connectivity index (χ4n) is 1.11. The van der Waals surface area contributed by atoms with Crippen LogP contribution in [0.4, 0.5) is 0 Å². The van der Waals surface area contributed by atoms with Gasteiger partial charge in [0.15, 0.2) is 6.29 Å². The first-order valence-electron chi connectivity index (χ1n) is 4.48. The Kier molecular flexibility index (Phi) is 5.55. The first-order valence-corrected chi connectivity index (χ1v) is 5.60. The molecule has 0 heterocycles. The van der Waals surface area contributed by atoms with Gasteiger partial charge >= 0.3 is 0 Å². The molecule has 0 N–H and O–H groups in total. The fourth-order valence-corrected chi connectivity index (χ4v) is 1.66. The molecule has 86 valence electrons. The molecule has 0 aliphatic heterocycles. The number of halogens is 1. The van der Waals surface area contributed by atoms with Crippen LogP contribution < -0.4 is 0 Å². The lowest BCUT2D eigenvalue weighted by Gasteiger charge is -2.03. The van der Waals surface area contributed by atoms with Crippen LogP contribution in [0.1, 0.15) is 12.5 Å². The molecule has 0 bridgehead atoms. The molecule has 0 aliphatic rings. The van der Waals surface area contributed by atoms with Crippen LogP contribution in [0.15, 0.2) is 34.2 Å². The maximum atomic E-state index is 10.8. The molecule has 1 rings (SSSR count). The van der Waals surface area contributed by atoms with E-state index < -0.39 is 0 Å². The van der Waals surface area contributed by atoms with Crippen molar-refractivity contribution >= 4 is 35.5 Å². The third kappa shape index (κ3) is 3.64. The Morgan fingerprint density at radius 2 is 2.00 bits per heavy atom. The van der Waals surface area contributed by atoms with Crippen molar-refractivity contribution in [3.63, 3.8) is 0 Å². The molecule has 1 aromatic rings. The third-order valence-corrected chi connectivity index (χ3v) is 2.72. The van der Waals surface area contributed by atoms with Crippen molar-refractivity contribution in [2.45, 2.75) is 11.8 Å². The molecule has 0 saturated carbocycles. The van der Waals surface area contributed by atoms with E-state index in [2.05, 4.69) is 4.89 Å². The smallest absolute Gasteiger partial charge is 0.151 e. The molecule has 0 amide bonds. The molecule has 1 aromatic carbocycles. The largest absolute Gasteiger partial charge is 0.298 e. The zero-order valence-corrected chi connectivity index (χ0v) is 10.5. The minimum Gasteiger partial charge on any atom is -0.298 e. The maximum Gasteiger partial charge on any atom is 0.151 e. The fraction of sp³-hybridized carbons (Fsp3) is 0.182. The molecule has 0 unspecified atom stereocenters. The Labute approximate surface area is 104 Å². The highest BCUT2D eigenvalue weighted by Gasteiger charge is 2.04. The number of aldehydes is 1. The lowest BCUT2D eigenvalue weighted by molar-refractivity contribution is -0.160. The summed E-state index contributed by atoms with van der Waals surface area (Å²) in [6.07, 6.45) is 0.746. The minimum atomic E-state index is 0.476. The Balaban J connectivity index is 2.86. The van der Waals surface area contributed by atoms with Crippen molar-refractivity contribution in [1.82, 2.24) is 0 Å². The molecule has 3 nitrogen and oxygen atoms in total. The van der Waals surface area contributed by atoms with Crippen molar-refractivity contribution in [3.05, 3.63) is 34.9 Å². The molecule has 0 radical (unpaired) electrons. The number of benzene rings is 1. The quantitative estimate of drug-likeness (QED) is 0.266. The highest BCUT2D eigenvalue weighted by molar-refractivity contribution is 7.94. The van der Waals surface area contributed by atoms with Gasteiger partial charge in [0.1, 0.15) is 0 Å². The van der Waals surface area contributed by atoms with Crippen molar-refractivity contribution < 1.29 is 14.0 Å². The summed E-state index contributed by atoms with van der Waals surface area (Å²) in [7, 11) is 1.44. The van der Waals surface area contributed by atoms with Crippen LogP contribution >= 0.6 is 23.6 Å². The van der Waals surface area contributed by atoms with Gasteiger partial charge in [-0.15, -0.1) is 0 Å². The van der Waals surface area contributed by atoms with Gasteiger partial charge in [0.25, 0.3) is 0 Å². The highest BCUT2D eigenvalue weighted by atomic mass is 35.5. The molecule has 0 atom stereocenters. The second-order valence-corrected chi connectivity index (χ2v) is 4.25.